The number of aryl methyl sites for hydroxylation is 1. The predicted molar refractivity (Wildman–Crippen MR) is 67.7 cm³/mol. The second-order valence-electron chi connectivity index (χ2n) is 5.05. The maximum atomic E-state index is 12.9. The fourth-order valence-electron chi connectivity index (χ4n) is 2.60. The van der Waals surface area contributed by atoms with Crippen molar-refractivity contribution in [1.29, 1.82) is 0 Å². The van der Waals surface area contributed by atoms with E-state index in [4.69, 9.17) is 0 Å². The molecule has 2 aromatic rings. The number of fused-ring (bicyclic) bond motifs is 1. The summed E-state index contributed by atoms with van der Waals surface area (Å²) in [7, 11) is 1.63. The topological polar surface area (TPSA) is 68.8 Å². The van der Waals surface area contributed by atoms with Gasteiger partial charge in [-0.25, -0.2) is 0 Å². The summed E-state index contributed by atoms with van der Waals surface area (Å²) in [5.41, 5.74) is 0.371. The fourth-order valence-corrected chi connectivity index (χ4v) is 2.60. The highest BCUT2D eigenvalue weighted by atomic mass is 19.4. The van der Waals surface area contributed by atoms with Gasteiger partial charge in [0.1, 0.15) is 5.69 Å². The zero-order valence-corrected chi connectivity index (χ0v) is 11.9. The van der Waals surface area contributed by atoms with E-state index in [2.05, 4.69) is 15.3 Å². The SMILES string of the molecule is CC1c2nnc(C(F)(F)F)n2CCN1C(=O)c1ccnn1C. The first-order valence-electron chi connectivity index (χ1n) is 6.60. The van der Waals surface area contributed by atoms with E-state index < -0.39 is 18.0 Å². The van der Waals surface area contributed by atoms with Gasteiger partial charge in [0.15, 0.2) is 5.82 Å². The Hall–Kier alpha value is -2.39. The van der Waals surface area contributed by atoms with Crippen LogP contribution in [0.15, 0.2) is 12.3 Å². The van der Waals surface area contributed by atoms with Crippen molar-refractivity contribution in [3.05, 3.63) is 29.6 Å². The molecule has 3 rings (SSSR count). The number of amides is 1. The summed E-state index contributed by atoms with van der Waals surface area (Å²) in [6, 6.07) is 0.968. The van der Waals surface area contributed by atoms with Crippen molar-refractivity contribution in [1.82, 2.24) is 29.4 Å². The zero-order valence-electron chi connectivity index (χ0n) is 11.9. The van der Waals surface area contributed by atoms with E-state index in [0.717, 1.165) is 4.57 Å². The predicted octanol–water partition coefficient (Wildman–Crippen LogP) is 1.25. The lowest BCUT2D eigenvalue weighted by Gasteiger charge is -2.33. The van der Waals surface area contributed by atoms with Gasteiger partial charge in [-0.15, -0.1) is 10.2 Å². The molecule has 0 fully saturated rings. The number of alkyl halides is 3. The molecule has 118 valence electrons. The van der Waals surface area contributed by atoms with Gasteiger partial charge in [0, 0.05) is 26.3 Å². The molecule has 0 bridgehead atoms. The minimum atomic E-state index is -4.56. The Bertz CT molecular complexity index is 719. The minimum absolute atomic E-state index is 0.00507. The number of halogens is 3. The molecule has 1 unspecified atom stereocenters. The summed E-state index contributed by atoms with van der Waals surface area (Å²) in [5, 5.41) is 10.8. The van der Waals surface area contributed by atoms with Gasteiger partial charge >= 0.3 is 6.18 Å². The molecule has 0 saturated carbocycles. The number of hydrogen-bond acceptors (Lipinski definition) is 4. The molecule has 2 aromatic heterocycles. The van der Waals surface area contributed by atoms with Crippen LogP contribution in [0.2, 0.25) is 0 Å². The van der Waals surface area contributed by atoms with Crippen LogP contribution in [0.1, 0.15) is 35.1 Å². The Morgan fingerprint density at radius 3 is 2.64 bits per heavy atom. The summed E-state index contributed by atoms with van der Waals surface area (Å²) < 4.78 is 41.0. The highest BCUT2D eigenvalue weighted by Gasteiger charge is 2.42. The van der Waals surface area contributed by atoms with Crippen LogP contribution in [-0.4, -0.2) is 41.9 Å². The summed E-state index contributed by atoms with van der Waals surface area (Å²) in [5.74, 6) is -1.19. The molecule has 0 aromatic carbocycles. The summed E-state index contributed by atoms with van der Waals surface area (Å²) in [6.45, 7) is 1.79. The van der Waals surface area contributed by atoms with Gasteiger partial charge in [0.2, 0.25) is 5.82 Å². The van der Waals surface area contributed by atoms with Gasteiger partial charge in [-0.2, -0.15) is 18.3 Å². The maximum Gasteiger partial charge on any atom is 0.451 e. The van der Waals surface area contributed by atoms with Crippen LogP contribution >= 0.6 is 0 Å². The number of rotatable bonds is 1. The van der Waals surface area contributed by atoms with Crippen molar-refractivity contribution < 1.29 is 18.0 Å². The minimum Gasteiger partial charge on any atom is -0.326 e. The monoisotopic (exact) mass is 314 g/mol. The van der Waals surface area contributed by atoms with Crippen LogP contribution in [0.3, 0.4) is 0 Å². The van der Waals surface area contributed by atoms with Gasteiger partial charge in [0.25, 0.3) is 5.91 Å². The first-order chi connectivity index (χ1) is 10.3. The third-order valence-corrected chi connectivity index (χ3v) is 3.74. The molecule has 10 heteroatoms. The molecule has 1 amide bonds. The average molecular weight is 314 g/mol. The molecular weight excluding hydrogens is 301 g/mol. The van der Waals surface area contributed by atoms with E-state index in [1.165, 1.54) is 15.8 Å². The highest BCUT2D eigenvalue weighted by molar-refractivity contribution is 5.92. The molecule has 0 saturated heterocycles. The van der Waals surface area contributed by atoms with E-state index in [1.807, 2.05) is 0 Å². The Morgan fingerprint density at radius 1 is 1.32 bits per heavy atom. The Balaban J connectivity index is 1.93. The van der Waals surface area contributed by atoms with Crippen molar-refractivity contribution >= 4 is 5.91 Å². The van der Waals surface area contributed by atoms with Crippen LogP contribution in [0.4, 0.5) is 13.2 Å². The van der Waals surface area contributed by atoms with Crippen molar-refractivity contribution in [3.63, 3.8) is 0 Å². The third kappa shape index (κ3) is 2.14. The summed E-state index contributed by atoms with van der Waals surface area (Å²) in [6.07, 6.45) is -3.06. The summed E-state index contributed by atoms with van der Waals surface area (Å²) >= 11 is 0. The van der Waals surface area contributed by atoms with E-state index in [1.54, 1.807) is 20.0 Å². The smallest absolute Gasteiger partial charge is 0.326 e. The van der Waals surface area contributed by atoms with Crippen LogP contribution in [0.5, 0.6) is 0 Å². The van der Waals surface area contributed by atoms with Gasteiger partial charge in [-0.1, -0.05) is 0 Å². The lowest BCUT2D eigenvalue weighted by Crippen LogP contribution is -2.42. The fraction of sp³-hybridized carbons (Fsp3) is 0.500. The lowest BCUT2D eigenvalue weighted by molar-refractivity contribution is -0.148. The number of aromatic nitrogens is 5. The Labute approximate surface area is 123 Å². The number of carbonyl (C=O) groups is 1. The first kappa shape index (κ1) is 14.5. The van der Waals surface area contributed by atoms with E-state index >= 15 is 0 Å². The summed E-state index contributed by atoms with van der Waals surface area (Å²) in [4.78, 5) is 14.0. The van der Waals surface area contributed by atoms with Gasteiger partial charge in [0.05, 0.1) is 6.04 Å². The highest BCUT2D eigenvalue weighted by Crippen LogP contribution is 2.33. The Morgan fingerprint density at radius 2 is 2.05 bits per heavy atom. The largest absolute Gasteiger partial charge is 0.451 e. The molecular formula is C12H13F3N6O. The molecule has 22 heavy (non-hydrogen) atoms. The zero-order chi connectivity index (χ0) is 16.1. The van der Waals surface area contributed by atoms with Crippen LogP contribution in [-0.2, 0) is 19.8 Å². The van der Waals surface area contributed by atoms with Gasteiger partial charge < -0.3 is 9.47 Å². The Kier molecular flexibility index (Phi) is 3.18. The molecule has 0 N–H and O–H groups in total. The van der Waals surface area contributed by atoms with Crippen LogP contribution in [0.25, 0.3) is 0 Å². The second-order valence-corrected chi connectivity index (χ2v) is 5.05. The molecule has 3 heterocycles. The van der Waals surface area contributed by atoms with Crippen LogP contribution in [0, 0.1) is 0 Å². The molecule has 0 radical (unpaired) electrons. The van der Waals surface area contributed by atoms with Crippen molar-refractivity contribution in [3.8, 4) is 0 Å². The van der Waals surface area contributed by atoms with E-state index in [0.29, 0.717) is 5.69 Å². The normalized spacial score (nSPS) is 18.4. The quantitative estimate of drug-likeness (QED) is 0.794. The van der Waals surface area contributed by atoms with Gasteiger partial charge in [-0.3, -0.25) is 9.48 Å². The molecule has 1 aliphatic rings. The standard InChI is InChI=1S/C12H13F3N6O/c1-7-9-17-18-11(12(13,14)15)21(9)6-5-20(7)10(22)8-3-4-16-19(8)2/h3-4,7H,5-6H2,1-2H3. The van der Waals surface area contributed by atoms with E-state index in [-0.39, 0.29) is 24.8 Å². The van der Waals surface area contributed by atoms with Gasteiger partial charge in [-0.05, 0) is 13.0 Å². The molecule has 1 atom stereocenters. The van der Waals surface area contributed by atoms with Crippen molar-refractivity contribution in [2.45, 2.75) is 25.7 Å². The number of nitrogens with zero attached hydrogens (tertiary/aromatic N) is 6. The third-order valence-electron chi connectivity index (χ3n) is 3.74. The first-order valence-corrected chi connectivity index (χ1v) is 6.60. The second kappa shape index (κ2) is 4.82. The van der Waals surface area contributed by atoms with E-state index in [9.17, 15) is 18.0 Å². The average Bonchev–Trinajstić information content (AvgIpc) is 3.04. The van der Waals surface area contributed by atoms with Crippen molar-refractivity contribution in [2.24, 2.45) is 7.05 Å². The number of hydrogen-bond donors (Lipinski definition) is 0. The lowest BCUT2D eigenvalue weighted by atomic mass is 10.2. The molecule has 0 spiro atoms. The molecule has 0 aliphatic carbocycles. The molecule has 7 nitrogen and oxygen atoms in total. The molecule has 1 aliphatic heterocycles. The van der Waals surface area contributed by atoms with Crippen molar-refractivity contribution in [2.75, 3.05) is 6.54 Å². The number of carbonyl (C=O) groups excluding carboxylic acids is 1. The maximum absolute atomic E-state index is 12.9. The van der Waals surface area contributed by atoms with Crippen LogP contribution < -0.4 is 0 Å².